The van der Waals surface area contributed by atoms with Gasteiger partial charge in [-0.3, -0.25) is 4.79 Å². The van der Waals surface area contributed by atoms with Crippen molar-refractivity contribution in [3.63, 3.8) is 0 Å². The molecule has 0 radical (unpaired) electrons. The van der Waals surface area contributed by atoms with E-state index in [1.807, 2.05) is 0 Å². The number of rotatable bonds is 6. The van der Waals surface area contributed by atoms with Crippen LogP contribution in [0.2, 0.25) is 0 Å². The highest BCUT2D eigenvalue weighted by Gasteiger charge is 2.46. The molecular weight excluding hydrogens is 542 g/mol. The van der Waals surface area contributed by atoms with Gasteiger partial charge in [0.05, 0.1) is 24.3 Å². The Labute approximate surface area is 227 Å². The SMILES string of the molecule is C[C@H]1CC[C@H](Nc2cccc(Sc3ccc(/C=C/C(=O)N4CCOCC4)c(C(F)(F)F)c3C(F)(F)F)c2)CC1. The van der Waals surface area contributed by atoms with Gasteiger partial charge in [0.15, 0.2) is 0 Å². The highest BCUT2D eigenvalue weighted by Crippen LogP contribution is 2.48. The number of carbonyl (C=O) groups is 1. The van der Waals surface area contributed by atoms with E-state index in [1.165, 1.54) is 4.90 Å². The number of ether oxygens (including phenoxy) is 1. The molecule has 1 N–H and O–H groups in total. The lowest BCUT2D eigenvalue weighted by Crippen LogP contribution is -2.39. The summed E-state index contributed by atoms with van der Waals surface area (Å²) in [4.78, 5) is 13.6. The van der Waals surface area contributed by atoms with E-state index in [1.54, 1.807) is 24.3 Å². The Balaban J connectivity index is 1.64. The van der Waals surface area contributed by atoms with Gasteiger partial charge in [-0.2, -0.15) is 26.3 Å². The molecule has 0 spiro atoms. The van der Waals surface area contributed by atoms with Crippen LogP contribution in [0.4, 0.5) is 32.0 Å². The highest BCUT2D eigenvalue weighted by molar-refractivity contribution is 7.99. The smallest absolute Gasteiger partial charge is 0.382 e. The Bertz CT molecular complexity index is 1180. The lowest BCUT2D eigenvalue weighted by Gasteiger charge is -2.28. The second-order valence-electron chi connectivity index (χ2n) is 9.90. The molecule has 2 aliphatic rings. The number of amides is 1. The van der Waals surface area contributed by atoms with Crippen LogP contribution in [0.5, 0.6) is 0 Å². The minimum Gasteiger partial charge on any atom is -0.382 e. The fourth-order valence-electron chi connectivity index (χ4n) is 4.88. The molecule has 0 atom stereocenters. The molecule has 4 nitrogen and oxygen atoms in total. The maximum atomic E-state index is 14.2. The van der Waals surface area contributed by atoms with Crippen LogP contribution in [0.3, 0.4) is 0 Å². The molecule has 1 amide bonds. The Hall–Kier alpha value is -2.66. The molecule has 2 fully saturated rings. The number of halogens is 6. The van der Waals surface area contributed by atoms with Gasteiger partial charge in [-0.05, 0) is 67.5 Å². The molecule has 0 bridgehead atoms. The van der Waals surface area contributed by atoms with Gasteiger partial charge in [-0.15, -0.1) is 0 Å². The van der Waals surface area contributed by atoms with Crippen LogP contribution in [-0.2, 0) is 21.9 Å². The van der Waals surface area contributed by atoms with Crippen LogP contribution < -0.4 is 5.32 Å². The normalized spacial score (nSPS) is 20.8. The summed E-state index contributed by atoms with van der Waals surface area (Å²) in [5.74, 6) is 0.0686. The Morgan fingerprint density at radius 1 is 0.974 bits per heavy atom. The number of hydrogen-bond acceptors (Lipinski definition) is 4. The first kappa shape index (κ1) is 29.3. The first-order valence-corrected chi connectivity index (χ1v) is 13.6. The zero-order chi connectivity index (χ0) is 28.2. The number of carbonyl (C=O) groups excluding carboxylic acids is 1. The van der Waals surface area contributed by atoms with E-state index >= 15 is 0 Å². The maximum Gasteiger partial charge on any atom is 0.418 e. The average Bonchev–Trinajstić information content (AvgIpc) is 2.88. The molecule has 0 aromatic heterocycles. The summed E-state index contributed by atoms with van der Waals surface area (Å²) >= 11 is 0.631. The molecule has 39 heavy (non-hydrogen) atoms. The van der Waals surface area contributed by atoms with Gasteiger partial charge < -0.3 is 15.0 Å². The Morgan fingerprint density at radius 3 is 2.28 bits per heavy atom. The van der Waals surface area contributed by atoms with Crippen molar-refractivity contribution in [1.82, 2.24) is 4.90 Å². The van der Waals surface area contributed by atoms with Crippen LogP contribution in [0.25, 0.3) is 6.08 Å². The quantitative estimate of drug-likeness (QED) is 0.284. The molecule has 4 rings (SSSR count). The summed E-state index contributed by atoms with van der Waals surface area (Å²) in [5.41, 5.74) is -3.58. The predicted octanol–water partition coefficient (Wildman–Crippen LogP) is 7.74. The summed E-state index contributed by atoms with van der Waals surface area (Å²) in [6.07, 6.45) is -4.77. The lowest BCUT2D eigenvalue weighted by atomic mass is 9.87. The van der Waals surface area contributed by atoms with Crippen molar-refractivity contribution in [1.29, 1.82) is 0 Å². The van der Waals surface area contributed by atoms with Crippen molar-refractivity contribution in [3.05, 3.63) is 59.2 Å². The van der Waals surface area contributed by atoms with E-state index in [9.17, 15) is 31.1 Å². The first-order valence-electron chi connectivity index (χ1n) is 12.8. The van der Waals surface area contributed by atoms with Gasteiger partial charge in [0.2, 0.25) is 5.91 Å². The number of benzene rings is 2. The average molecular weight is 573 g/mol. The van der Waals surface area contributed by atoms with Crippen molar-refractivity contribution >= 4 is 29.4 Å². The maximum absolute atomic E-state index is 14.2. The largest absolute Gasteiger partial charge is 0.418 e. The van der Waals surface area contributed by atoms with E-state index in [4.69, 9.17) is 4.74 Å². The van der Waals surface area contributed by atoms with E-state index in [-0.39, 0.29) is 32.3 Å². The molecule has 1 aliphatic carbocycles. The Morgan fingerprint density at radius 2 is 1.64 bits per heavy atom. The number of nitrogens with zero attached hydrogens (tertiary/aromatic N) is 1. The molecule has 1 heterocycles. The van der Waals surface area contributed by atoms with Crippen molar-refractivity contribution in [2.24, 2.45) is 5.92 Å². The monoisotopic (exact) mass is 572 g/mol. The second-order valence-corrected chi connectivity index (χ2v) is 11.0. The van der Waals surface area contributed by atoms with Gasteiger partial charge in [0.25, 0.3) is 0 Å². The molecule has 1 saturated carbocycles. The first-order chi connectivity index (χ1) is 18.4. The molecule has 11 heteroatoms. The number of hydrogen-bond donors (Lipinski definition) is 1. The summed E-state index contributed by atoms with van der Waals surface area (Å²) < 4.78 is 90.1. The molecule has 1 saturated heterocycles. The molecule has 0 unspecified atom stereocenters. The van der Waals surface area contributed by atoms with E-state index in [2.05, 4.69) is 12.2 Å². The van der Waals surface area contributed by atoms with Gasteiger partial charge in [-0.1, -0.05) is 30.8 Å². The zero-order valence-corrected chi connectivity index (χ0v) is 22.2. The van der Waals surface area contributed by atoms with Crippen LogP contribution in [0.1, 0.15) is 49.3 Å². The van der Waals surface area contributed by atoms with Gasteiger partial charge in [0.1, 0.15) is 0 Å². The van der Waals surface area contributed by atoms with Gasteiger partial charge >= 0.3 is 12.4 Å². The number of anilines is 1. The standard InChI is InChI=1S/C28H30F6N2O2S/c1-18-5-9-20(10-6-18)35-21-3-2-4-22(17-21)39-23-11-7-19(8-12-24(37)36-13-15-38-16-14-36)25(27(29,30)31)26(23)28(32,33)34/h2-4,7-8,11-12,17-18,20,35H,5-6,9-10,13-16H2,1H3/b12-8+/t18-,20-. The van der Waals surface area contributed by atoms with Crippen LogP contribution in [0.15, 0.2) is 52.3 Å². The topological polar surface area (TPSA) is 41.6 Å². The van der Waals surface area contributed by atoms with Crippen LogP contribution in [0, 0.1) is 5.92 Å². The molecule has 2 aromatic carbocycles. The van der Waals surface area contributed by atoms with E-state index in [0.29, 0.717) is 28.3 Å². The minimum atomic E-state index is -5.30. The summed E-state index contributed by atoms with van der Waals surface area (Å²) in [5, 5.41) is 3.40. The summed E-state index contributed by atoms with van der Waals surface area (Å²) in [7, 11) is 0. The van der Waals surface area contributed by atoms with Crippen molar-refractivity contribution in [2.75, 3.05) is 31.6 Å². The van der Waals surface area contributed by atoms with Crippen molar-refractivity contribution in [3.8, 4) is 0 Å². The number of morpholine rings is 1. The summed E-state index contributed by atoms with van der Waals surface area (Å²) in [6, 6.07) is 8.95. The van der Waals surface area contributed by atoms with Crippen molar-refractivity contribution in [2.45, 2.75) is 60.8 Å². The van der Waals surface area contributed by atoms with E-state index < -0.39 is 39.8 Å². The van der Waals surface area contributed by atoms with E-state index in [0.717, 1.165) is 50.0 Å². The lowest BCUT2D eigenvalue weighted by molar-refractivity contribution is -0.163. The van der Waals surface area contributed by atoms with Gasteiger partial charge in [0, 0.05) is 40.7 Å². The third-order valence-electron chi connectivity index (χ3n) is 6.94. The minimum absolute atomic E-state index is 0.246. The zero-order valence-electron chi connectivity index (χ0n) is 21.4. The molecular formula is C28H30F6N2O2S. The van der Waals surface area contributed by atoms with Crippen LogP contribution >= 0.6 is 11.8 Å². The number of nitrogens with one attached hydrogen (secondary N) is 1. The third kappa shape index (κ3) is 7.72. The highest BCUT2D eigenvalue weighted by atomic mass is 32.2. The summed E-state index contributed by atoms with van der Waals surface area (Å²) in [6.45, 7) is 3.28. The van der Waals surface area contributed by atoms with Crippen molar-refractivity contribution < 1.29 is 35.9 Å². The van der Waals surface area contributed by atoms with Crippen LogP contribution in [-0.4, -0.2) is 43.2 Å². The molecule has 1 aliphatic heterocycles. The Kier molecular flexibility index (Phi) is 9.21. The third-order valence-corrected chi connectivity index (χ3v) is 7.99. The molecule has 212 valence electrons. The fraction of sp³-hybridized carbons (Fsp3) is 0.464. The second kappa shape index (κ2) is 12.2. The predicted molar refractivity (Wildman–Crippen MR) is 138 cm³/mol. The van der Waals surface area contributed by atoms with Gasteiger partial charge in [-0.25, -0.2) is 0 Å². The number of alkyl halides is 6. The molecule has 2 aromatic rings. The fourth-order valence-corrected chi connectivity index (χ4v) is 5.92.